The van der Waals surface area contributed by atoms with Crippen LogP contribution in [-0.4, -0.2) is 34.3 Å². The summed E-state index contributed by atoms with van der Waals surface area (Å²) in [7, 11) is 0. The summed E-state index contributed by atoms with van der Waals surface area (Å²) in [6.07, 6.45) is 1.65. The SMILES string of the molecule is CCOC(=O)CCC1(O)CSC(C)C1. The van der Waals surface area contributed by atoms with Crippen molar-refractivity contribution in [2.45, 2.75) is 44.0 Å². The van der Waals surface area contributed by atoms with Crippen LogP contribution in [0, 0.1) is 0 Å². The van der Waals surface area contributed by atoms with Gasteiger partial charge < -0.3 is 9.84 Å². The van der Waals surface area contributed by atoms with Crippen LogP contribution in [0.5, 0.6) is 0 Å². The van der Waals surface area contributed by atoms with Crippen molar-refractivity contribution in [3.63, 3.8) is 0 Å². The lowest BCUT2D eigenvalue weighted by molar-refractivity contribution is -0.144. The topological polar surface area (TPSA) is 46.5 Å². The Morgan fingerprint density at radius 1 is 1.71 bits per heavy atom. The minimum Gasteiger partial charge on any atom is -0.466 e. The lowest BCUT2D eigenvalue weighted by Crippen LogP contribution is -2.29. The fraction of sp³-hybridized carbons (Fsp3) is 0.900. The predicted octanol–water partition coefficient (Wildman–Crippen LogP) is 1.59. The highest BCUT2D eigenvalue weighted by Gasteiger charge is 2.36. The second kappa shape index (κ2) is 5.03. The maximum absolute atomic E-state index is 11.1. The minimum atomic E-state index is -0.642. The van der Waals surface area contributed by atoms with Gasteiger partial charge in [-0.05, 0) is 19.8 Å². The molecule has 0 aliphatic carbocycles. The summed E-state index contributed by atoms with van der Waals surface area (Å²) in [4.78, 5) is 11.1. The standard InChI is InChI=1S/C10H18O3S/c1-3-13-9(11)4-5-10(12)6-8(2)14-7-10/h8,12H,3-7H2,1-2H3. The molecule has 0 bridgehead atoms. The normalized spacial score (nSPS) is 31.8. The van der Waals surface area contributed by atoms with Crippen LogP contribution in [0.25, 0.3) is 0 Å². The van der Waals surface area contributed by atoms with E-state index in [9.17, 15) is 9.90 Å². The molecule has 2 atom stereocenters. The molecule has 1 fully saturated rings. The summed E-state index contributed by atoms with van der Waals surface area (Å²) in [6, 6.07) is 0. The molecule has 2 unspecified atom stereocenters. The smallest absolute Gasteiger partial charge is 0.305 e. The highest BCUT2D eigenvalue weighted by atomic mass is 32.2. The Morgan fingerprint density at radius 3 is 2.93 bits per heavy atom. The number of ether oxygens (including phenoxy) is 1. The number of rotatable bonds is 4. The molecule has 1 rings (SSSR count). The van der Waals surface area contributed by atoms with Crippen molar-refractivity contribution in [2.75, 3.05) is 12.4 Å². The van der Waals surface area contributed by atoms with Crippen LogP contribution < -0.4 is 0 Å². The van der Waals surface area contributed by atoms with Crippen molar-refractivity contribution in [2.24, 2.45) is 0 Å². The van der Waals surface area contributed by atoms with Gasteiger partial charge in [0.05, 0.1) is 12.2 Å². The lowest BCUT2D eigenvalue weighted by atomic mass is 9.95. The first-order valence-electron chi connectivity index (χ1n) is 5.05. The number of aliphatic hydroxyl groups is 1. The highest BCUT2D eigenvalue weighted by Crippen LogP contribution is 2.37. The van der Waals surface area contributed by atoms with Crippen LogP contribution >= 0.6 is 11.8 Å². The molecule has 1 aliphatic rings. The van der Waals surface area contributed by atoms with Crippen molar-refractivity contribution in [3.8, 4) is 0 Å². The molecule has 1 saturated heterocycles. The third-order valence-corrected chi connectivity index (χ3v) is 3.84. The fourth-order valence-electron chi connectivity index (χ4n) is 1.69. The molecule has 1 N–H and O–H groups in total. The van der Waals surface area contributed by atoms with Gasteiger partial charge in [0.25, 0.3) is 0 Å². The van der Waals surface area contributed by atoms with E-state index in [0.29, 0.717) is 24.7 Å². The second-order valence-corrected chi connectivity index (χ2v) is 5.28. The molecule has 0 saturated carbocycles. The summed E-state index contributed by atoms with van der Waals surface area (Å²) in [5.74, 6) is 0.540. The van der Waals surface area contributed by atoms with Gasteiger partial charge in [0.2, 0.25) is 0 Å². The summed E-state index contributed by atoms with van der Waals surface area (Å²) in [5, 5.41) is 10.6. The number of thioether (sulfide) groups is 1. The van der Waals surface area contributed by atoms with Crippen LogP contribution in [0.4, 0.5) is 0 Å². The first-order valence-corrected chi connectivity index (χ1v) is 6.10. The van der Waals surface area contributed by atoms with Crippen molar-refractivity contribution in [1.29, 1.82) is 0 Å². The zero-order valence-corrected chi connectivity index (χ0v) is 9.60. The van der Waals surface area contributed by atoms with Crippen molar-refractivity contribution < 1.29 is 14.6 Å². The summed E-state index contributed by atoms with van der Waals surface area (Å²) >= 11 is 1.77. The van der Waals surface area contributed by atoms with Gasteiger partial charge in [0, 0.05) is 17.4 Å². The molecule has 0 aromatic heterocycles. The van der Waals surface area contributed by atoms with Crippen LogP contribution in [-0.2, 0) is 9.53 Å². The van der Waals surface area contributed by atoms with E-state index in [1.54, 1.807) is 18.7 Å². The molecular weight excluding hydrogens is 200 g/mol. The molecule has 4 heteroatoms. The second-order valence-electron chi connectivity index (χ2n) is 3.86. The summed E-state index contributed by atoms with van der Waals surface area (Å²) < 4.78 is 4.82. The molecule has 0 aromatic carbocycles. The zero-order valence-electron chi connectivity index (χ0n) is 8.78. The van der Waals surface area contributed by atoms with E-state index in [1.165, 1.54) is 0 Å². The van der Waals surface area contributed by atoms with Gasteiger partial charge in [-0.3, -0.25) is 4.79 Å². The zero-order chi connectivity index (χ0) is 10.6. The Labute approximate surface area is 89.2 Å². The Hall–Kier alpha value is -0.220. The van der Waals surface area contributed by atoms with Gasteiger partial charge in [-0.2, -0.15) is 11.8 Å². The van der Waals surface area contributed by atoms with Gasteiger partial charge in [0.15, 0.2) is 0 Å². The van der Waals surface area contributed by atoms with Gasteiger partial charge in [-0.25, -0.2) is 0 Å². The van der Waals surface area contributed by atoms with Gasteiger partial charge in [-0.15, -0.1) is 0 Å². The number of carbonyl (C=O) groups excluding carboxylic acids is 1. The van der Waals surface area contributed by atoms with E-state index in [1.807, 2.05) is 0 Å². The van der Waals surface area contributed by atoms with E-state index < -0.39 is 5.60 Å². The average Bonchev–Trinajstić information content (AvgIpc) is 2.45. The van der Waals surface area contributed by atoms with E-state index in [0.717, 1.165) is 12.2 Å². The van der Waals surface area contributed by atoms with Crippen LogP contribution in [0.2, 0.25) is 0 Å². The predicted molar refractivity (Wildman–Crippen MR) is 57.4 cm³/mol. The van der Waals surface area contributed by atoms with Crippen LogP contribution in [0.1, 0.15) is 33.1 Å². The molecule has 1 aliphatic heterocycles. The first kappa shape index (κ1) is 11.9. The third kappa shape index (κ3) is 3.50. The van der Waals surface area contributed by atoms with E-state index in [4.69, 9.17) is 4.74 Å². The molecule has 82 valence electrons. The van der Waals surface area contributed by atoms with Crippen molar-refractivity contribution >= 4 is 17.7 Å². The number of hydrogen-bond acceptors (Lipinski definition) is 4. The minimum absolute atomic E-state index is 0.203. The number of hydrogen-bond donors (Lipinski definition) is 1. The maximum atomic E-state index is 11.1. The number of carbonyl (C=O) groups is 1. The van der Waals surface area contributed by atoms with Crippen molar-refractivity contribution in [1.82, 2.24) is 0 Å². The molecule has 3 nitrogen and oxygen atoms in total. The Bertz CT molecular complexity index is 208. The Kier molecular flexibility index (Phi) is 4.26. The lowest BCUT2D eigenvalue weighted by Gasteiger charge is -2.20. The first-order chi connectivity index (χ1) is 6.56. The Morgan fingerprint density at radius 2 is 2.43 bits per heavy atom. The van der Waals surface area contributed by atoms with E-state index in [2.05, 4.69) is 6.92 Å². The van der Waals surface area contributed by atoms with Gasteiger partial charge >= 0.3 is 5.97 Å². The molecule has 0 radical (unpaired) electrons. The summed E-state index contributed by atoms with van der Waals surface area (Å²) in [6.45, 7) is 4.32. The van der Waals surface area contributed by atoms with E-state index >= 15 is 0 Å². The molecular formula is C10H18O3S. The van der Waals surface area contributed by atoms with Crippen molar-refractivity contribution in [3.05, 3.63) is 0 Å². The van der Waals surface area contributed by atoms with Gasteiger partial charge in [0.1, 0.15) is 0 Å². The molecule has 0 spiro atoms. The monoisotopic (exact) mass is 218 g/mol. The number of esters is 1. The highest BCUT2D eigenvalue weighted by molar-refractivity contribution is 8.00. The third-order valence-electron chi connectivity index (χ3n) is 2.40. The molecule has 0 aromatic rings. The maximum Gasteiger partial charge on any atom is 0.305 e. The largest absolute Gasteiger partial charge is 0.466 e. The molecule has 1 heterocycles. The van der Waals surface area contributed by atoms with Gasteiger partial charge in [-0.1, -0.05) is 6.92 Å². The Balaban J connectivity index is 2.27. The van der Waals surface area contributed by atoms with E-state index in [-0.39, 0.29) is 5.97 Å². The van der Waals surface area contributed by atoms with Crippen LogP contribution in [0.3, 0.4) is 0 Å². The fourth-order valence-corrected chi connectivity index (χ4v) is 2.98. The summed E-state index contributed by atoms with van der Waals surface area (Å²) in [5.41, 5.74) is -0.642. The van der Waals surface area contributed by atoms with Crippen LogP contribution in [0.15, 0.2) is 0 Å². The quantitative estimate of drug-likeness (QED) is 0.728. The average molecular weight is 218 g/mol. The molecule has 14 heavy (non-hydrogen) atoms. The molecule has 0 amide bonds.